The van der Waals surface area contributed by atoms with Crippen molar-refractivity contribution in [1.29, 1.82) is 0 Å². The van der Waals surface area contributed by atoms with E-state index in [4.69, 9.17) is 4.74 Å². The van der Waals surface area contributed by atoms with Gasteiger partial charge in [0.1, 0.15) is 5.60 Å². The van der Waals surface area contributed by atoms with Gasteiger partial charge in [-0.05, 0) is 77.2 Å². The van der Waals surface area contributed by atoms with Gasteiger partial charge in [0.2, 0.25) is 0 Å². The van der Waals surface area contributed by atoms with Crippen molar-refractivity contribution in [3.63, 3.8) is 0 Å². The van der Waals surface area contributed by atoms with Crippen molar-refractivity contribution < 1.29 is 9.84 Å². The van der Waals surface area contributed by atoms with Gasteiger partial charge in [-0.2, -0.15) is 0 Å². The van der Waals surface area contributed by atoms with Crippen LogP contribution >= 0.6 is 0 Å². The Hall–Kier alpha value is -0.500. The zero-order chi connectivity index (χ0) is 13.2. The topological polar surface area (TPSA) is 29.5 Å². The van der Waals surface area contributed by atoms with Gasteiger partial charge in [-0.1, -0.05) is 0 Å². The maximum Gasteiger partial charge on any atom is 0.100 e. The highest BCUT2D eigenvalue weighted by atomic mass is 16.5. The molecule has 0 bridgehead atoms. The summed E-state index contributed by atoms with van der Waals surface area (Å²) in [6.45, 7) is 6.79. The Labute approximate surface area is 111 Å². The minimum Gasteiger partial charge on any atom is -0.492 e. The summed E-state index contributed by atoms with van der Waals surface area (Å²) in [5, 5.41) is 9.23. The minimum absolute atomic E-state index is 0.0776. The van der Waals surface area contributed by atoms with Crippen LogP contribution in [0.25, 0.3) is 0 Å². The van der Waals surface area contributed by atoms with E-state index in [1.165, 1.54) is 37.9 Å². The lowest BCUT2D eigenvalue weighted by Gasteiger charge is -2.36. The van der Waals surface area contributed by atoms with Crippen LogP contribution in [0.4, 0.5) is 0 Å². The Morgan fingerprint density at radius 2 is 1.78 bits per heavy atom. The Kier molecular flexibility index (Phi) is 4.37. The first-order valence-corrected chi connectivity index (χ1v) is 7.51. The molecule has 0 spiro atoms. The number of aliphatic hydroxyl groups is 1. The number of ether oxygens (including phenoxy) is 1. The molecule has 0 heterocycles. The molecule has 0 aromatic rings. The number of aliphatic hydroxyl groups excluding tert-OH is 1. The third-order valence-electron chi connectivity index (χ3n) is 4.20. The van der Waals surface area contributed by atoms with E-state index in [-0.39, 0.29) is 5.60 Å². The molecule has 104 valence electrons. The van der Waals surface area contributed by atoms with Gasteiger partial charge < -0.3 is 9.84 Å². The normalized spacial score (nSPS) is 28.8. The molecule has 2 rings (SSSR count). The molecule has 2 aliphatic rings. The predicted molar refractivity (Wildman–Crippen MR) is 74.2 cm³/mol. The molecule has 2 fully saturated rings. The van der Waals surface area contributed by atoms with Gasteiger partial charge in [0.15, 0.2) is 0 Å². The van der Waals surface area contributed by atoms with Gasteiger partial charge in [-0.15, -0.1) is 0 Å². The van der Waals surface area contributed by atoms with E-state index in [1.54, 1.807) is 5.57 Å². The van der Waals surface area contributed by atoms with Gasteiger partial charge in [-0.25, -0.2) is 0 Å². The smallest absolute Gasteiger partial charge is 0.100 e. The second-order valence-electron chi connectivity index (χ2n) is 6.94. The van der Waals surface area contributed by atoms with Crippen LogP contribution in [0.15, 0.2) is 11.3 Å². The highest BCUT2D eigenvalue weighted by Gasteiger charge is 2.30. The molecule has 2 heteroatoms. The molecule has 2 aliphatic carbocycles. The van der Waals surface area contributed by atoms with Crippen molar-refractivity contribution in [2.45, 2.75) is 71.3 Å². The largest absolute Gasteiger partial charge is 0.492 e. The molecule has 1 N–H and O–H groups in total. The van der Waals surface area contributed by atoms with Crippen LogP contribution in [-0.2, 0) is 4.74 Å². The Morgan fingerprint density at radius 1 is 1.17 bits per heavy atom. The van der Waals surface area contributed by atoms with E-state index in [0.29, 0.717) is 18.4 Å². The van der Waals surface area contributed by atoms with Crippen molar-refractivity contribution in [2.24, 2.45) is 11.8 Å². The Bertz CT molecular complexity index is 298. The highest BCUT2D eigenvalue weighted by molar-refractivity contribution is 5.18. The molecule has 0 aliphatic heterocycles. The molecule has 0 radical (unpaired) electrons. The molecule has 18 heavy (non-hydrogen) atoms. The summed E-state index contributed by atoms with van der Waals surface area (Å²) >= 11 is 0. The molecular formula is C16H28O2. The molecule has 0 saturated heterocycles. The van der Waals surface area contributed by atoms with E-state index < -0.39 is 0 Å². The van der Waals surface area contributed by atoms with E-state index in [9.17, 15) is 5.11 Å². The van der Waals surface area contributed by atoms with Crippen LogP contribution in [-0.4, -0.2) is 17.3 Å². The van der Waals surface area contributed by atoms with E-state index in [1.807, 2.05) is 0 Å². The van der Waals surface area contributed by atoms with Gasteiger partial charge in [0.05, 0.1) is 5.76 Å². The van der Waals surface area contributed by atoms with Crippen LogP contribution in [0.5, 0.6) is 0 Å². The summed E-state index contributed by atoms with van der Waals surface area (Å²) in [5.41, 5.74) is 1.49. The third kappa shape index (κ3) is 3.50. The lowest BCUT2D eigenvalue weighted by atomic mass is 9.78. The summed E-state index contributed by atoms with van der Waals surface area (Å²) in [4.78, 5) is 0. The lowest BCUT2D eigenvalue weighted by Crippen LogP contribution is -2.27. The fraction of sp³-hybridized carbons (Fsp3) is 0.875. The predicted octanol–water partition coefficient (Wildman–Crippen LogP) is 4.04. The maximum atomic E-state index is 9.23. The van der Waals surface area contributed by atoms with Crippen molar-refractivity contribution in [3.8, 4) is 0 Å². The first-order chi connectivity index (χ1) is 8.49. The summed E-state index contributed by atoms with van der Waals surface area (Å²) in [6, 6.07) is 0. The molecule has 2 nitrogen and oxygen atoms in total. The van der Waals surface area contributed by atoms with Crippen LogP contribution < -0.4 is 0 Å². The minimum atomic E-state index is -0.0776. The summed E-state index contributed by atoms with van der Waals surface area (Å²) in [6.07, 6.45) is 8.52. The fourth-order valence-electron chi connectivity index (χ4n) is 2.98. The van der Waals surface area contributed by atoms with Crippen LogP contribution in [0.1, 0.15) is 65.7 Å². The summed E-state index contributed by atoms with van der Waals surface area (Å²) in [7, 11) is 0. The number of hydrogen-bond acceptors (Lipinski definition) is 2. The zero-order valence-corrected chi connectivity index (χ0v) is 12.2. The monoisotopic (exact) mass is 252 g/mol. The second kappa shape index (κ2) is 5.64. The molecule has 0 aromatic heterocycles. The molecule has 0 unspecified atom stereocenters. The SMILES string of the molecule is CC(C)(C)OC(=C1CCC1)C1CCC(CO)CC1. The van der Waals surface area contributed by atoms with Gasteiger partial charge in [0, 0.05) is 12.5 Å². The molecule has 0 aromatic carbocycles. The summed E-state index contributed by atoms with van der Waals surface area (Å²) in [5.74, 6) is 2.45. The third-order valence-corrected chi connectivity index (χ3v) is 4.20. The zero-order valence-electron chi connectivity index (χ0n) is 12.2. The van der Waals surface area contributed by atoms with Crippen LogP contribution in [0.2, 0.25) is 0 Å². The molecule has 2 saturated carbocycles. The maximum absolute atomic E-state index is 9.23. The molecular weight excluding hydrogens is 224 g/mol. The van der Waals surface area contributed by atoms with Gasteiger partial charge in [0.25, 0.3) is 0 Å². The van der Waals surface area contributed by atoms with Crippen molar-refractivity contribution in [2.75, 3.05) is 6.61 Å². The Balaban J connectivity index is 2.02. The van der Waals surface area contributed by atoms with E-state index in [0.717, 1.165) is 12.8 Å². The Morgan fingerprint density at radius 3 is 2.17 bits per heavy atom. The first kappa shape index (κ1) is 13.9. The van der Waals surface area contributed by atoms with E-state index in [2.05, 4.69) is 20.8 Å². The highest BCUT2D eigenvalue weighted by Crippen LogP contribution is 2.41. The molecule has 0 amide bonds. The van der Waals surface area contributed by atoms with Crippen LogP contribution in [0.3, 0.4) is 0 Å². The van der Waals surface area contributed by atoms with Crippen molar-refractivity contribution >= 4 is 0 Å². The summed E-state index contributed by atoms with van der Waals surface area (Å²) < 4.78 is 6.27. The quantitative estimate of drug-likeness (QED) is 0.768. The number of allylic oxidation sites excluding steroid dienone is 2. The average molecular weight is 252 g/mol. The van der Waals surface area contributed by atoms with Crippen molar-refractivity contribution in [3.05, 3.63) is 11.3 Å². The van der Waals surface area contributed by atoms with E-state index >= 15 is 0 Å². The second-order valence-corrected chi connectivity index (χ2v) is 6.94. The van der Waals surface area contributed by atoms with Crippen LogP contribution in [0, 0.1) is 11.8 Å². The molecule has 0 atom stereocenters. The van der Waals surface area contributed by atoms with Gasteiger partial charge >= 0.3 is 0 Å². The number of rotatable bonds is 3. The average Bonchev–Trinajstić information content (AvgIpc) is 2.24. The number of hydrogen-bond donors (Lipinski definition) is 1. The first-order valence-electron chi connectivity index (χ1n) is 7.51. The standard InChI is InChI=1S/C16H28O2/c1-16(2,3)18-15(13-5-4-6-13)14-9-7-12(11-17)8-10-14/h12,14,17H,4-11H2,1-3H3. The lowest BCUT2D eigenvalue weighted by molar-refractivity contribution is 0.0196. The van der Waals surface area contributed by atoms with Gasteiger partial charge in [-0.3, -0.25) is 0 Å². The van der Waals surface area contributed by atoms with Crippen molar-refractivity contribution in [1.82, 2.24) is 0 Å². The fourth-order valence-corrected chi connectivity index (χ4v) is 2.98.